The van der Waals surface area contributed by atoms with Crippen LogP contribution >= 0.6 is 11.6 Å². The molecule has 1 fully saturated rings. The predicted octanol–water partition coefficient (Wildman–Crippen LogP) is 3.86. The Kier molecular flexibility index (Phi) is 6.45. The van der Waals surface area contributed by atoms with Gasteiger partial charge in [0.05, 0.1) is 6.61 Å². The molecule has 144 valence electrons. The SMILES string of the molecule is Cc1cc(OCCCC(=O)N2CCN(c3ccc(O)cc3)CC2)ccc1Cl. The molecule has 1 aliphatic rings. The Morgan fingerprint density at radius 3 is 2.48 bits per heavy atom. The Hall–Kier alpha value is -2.40. The van der Waals surface area contributed by atoms with Gasteiger partial charge in [-0.2, -0.15) is 0 Å². The molecule has 1 aliphatic heterocycles. The van der Waals surface area contributed by atoms with Crippen LogP contribution in [0.4, 0.5) is 5.69 Å². The van der Waals surface area contributed by atoms with E-state index in [1.807, 2.05) is 42.2 Å². The van der Waals surface area contributed by atoms with Crippen molar-refractivity contribution < 1.29 is 14.6 Å². The molecule has 0 radical (unpaired) electrons. The second-order valence-electron chi connectivity index (χ2n) is 6.75. The van der Waals surface area contributed by atoms with Gasteiger partial charge >= 0.3 is 0 Å². The summed E-state index contributed by atoms with van der Waals surface area (Å²) in [7, 11) is 0. The van der Waals surface area contributed by atoms with Gasteiger partial charge in [-0.25, -0.2) is 0 Å². The highest BCUT2D eigenvalue weighted by atomic mass is 35.5. The van der Waals surface area contributed by atoms with E-state index in [2.05, 4.69) is 4.90 Å². The van der Waals surface area contributed by atoms with E-state index in [1.165, 1.54) is 0 Å². The molecule has 0 spiro atoms. The second-order valence-corrected chi connectivity index (χ2v) is 7.15. The van der Waals surface area contributed by atoms with E-state index in [-0.39, 0.29) is 11.7 Å². The lowest BCUT2D eigenvalue weighted by atomic mass is 10.2. The molecule has 6 heteroatoms. The number of carbonyl (C=O) groups excluding carboxylic acids is 1. The van der Waals surface area contributed by atoms with Crippen LogP contribution in [0.1, 0.15) is 18.4 Å². The van der Waals surface area contributed by atoms with Crippen LogP contribution in [0.25, 0.3) is 0 Å². The van der Waals surface area contributed by atoms with Gasteiger partial charge in [-0.15, -0.1) is 0 Å². The first-order valence-electron chi connectivity index (χ1n) is 9.23. The summed E-state index contributed by atoms with van der Waals surface area (Å²) in [6.45, 7) is 5.50. The van der Waals surface area contributed by atoms with Gasteiger partial charge in [0.1, 0.15) is 11.5 Å². The number of phenols is 1. The van der Waals surface area contributed by atoms with E-state index in [9.17, 15) is 9.90 Å². The Labute approximate surface area is 165 Å². The van der Waals surface area contributed by atoms with Crippen molar-refractivity contribution in [3.8, 4) is 11.5 Å². The number of carbonyl (C=O) groups is 1. The third-order valence-corrected chi connectivity index (χ3v) is 5.20. The van der Waals surface area contributed by atoms with Crippen molar-refractivity contribution in [2.24, 2.45) is 0 Å². The fraction of sp³-hybridized carbons (Fsp3) is 0.381. The van der Waals surface area contributed by atoms with Gasteiger partial charge in [0, 0.05) is 43.3 Å². The van der Waals surface area contributed by atoms with Crippen LogP contribution in [-0.2, 0) is 4.79 Å². The number of amides is 1. The molecule has 27 heavy (non-hydrogen) atoms. The lowest BCUT2D eigenvalue weighted by molar-refractivity contribution is -0.131. The van der Waals surface area contributed by atoms with Crippen molar-refractivity contribution >= 4 is 23.2 Å². The summed E-state index contributed by atoms with van der Waals surface area (Å²) < 4.78 is 5.71. The Morgan fingerprint density at radius 2 is 1.81 bits per heavy atom. The average molecular weight is 389 g/mol. The van der Waals surface area contributed by atoms with E-state index in [0.29, 0.717) is 19.4 Å². The number of benzene rings is 2. The molecule has 2 aromatic rings. The van der Waals surface area contributed by atoms with Gasteiger partial charge in [-0.05, 0) is 61.4 Å². The van der Waals surface area contributed by atoms with E-state index < -0.39 is 0 Å². The molecule has 0 bridgehead atoms. The molecular weight excluding hydrogens is 364 g/mol. The number of aryl methyl sites for hydroxylation is 1. The maximum absolute atomic E-state index is 12.4. The summed E-state index contributed by atoms with van der Waals surface area (Å²) in [6.07, 6.45) is 1.18. The molecule has 1 heterocycles. The van der Waals surface area contributed by atoms with Gasteiger partial charge in [0.2, 0.25) is 5.91 Å². The zero-order valence-corrected chi connectivity index (χ0v) is 16.3. The number of aromatic hydroxyl groups is 1. The van der Waals surface area contributed by atoms with Crippen molar-refractivity contribution in [2.45, 2.75) is 19.8 Å². The van der Waals surface area contributed by atoms with Crippen LogP contribution in [0.15, 0.2) is 42.5 Å². The number of rotatable bonds is 6. The number of phenolic OH excluding ortho intramolecular Hbond substituents is 1. The maximum atomic E-state index is 12.4. The molecule has 0 saturated carbocycles. The van der Waals surface area contributed by atoms with Crippen molar-refractivity contribution in [3.05, 3.63) is 53.1 Å². The minimum Gasteiger partial charge on any atom is -0.508 e. The van der Waals surface area contributed by atoms with Crippen molar-refractivity contribution in [3.63, 3.8) is 0 Å². The third kappa shape index (κ3) is 5.30. The molecule has 1 amide bonds. The average Bonchev–Trinajstić information content (AvgIpc) is 2.68. The number of nitrogens with zero attached hydrogens (tertiary/aromatic N) is 2. The first kappa shape index (κ1) is 19.4. The lowest BCUT2D eigenvalue weighted by Crippen LogP contribution is -2.48. The van der Waals surface area contributed by atoms with Crippen molar-refractivity contribution in [1.82, 2.24) is 4.90 Å². The number of hydrogen-bond donors (Lipinski definition) is 1. The highest BCUT2D eigenvalue weighted by Gasteiger charge is 2.20. The molecule has 0 aromatic heterocycles. The smallest absolute Gasteiger partial charge is 0.222 e. The predicted molar refractivity (Wildman–Crippen MR) is 108 cm³/mol. The monoisotopic (exact) mass is 388 g/mol. The first-order valence-corrected chi connectivity index (χ1v) is 9.61. The second kappa shape index (κ2) is 9.00. The van der Waals surface area contributed by atoms with E-state index in [1.54, 1.807) is 12.1 Å². The Morgan fingerprint density at radius 1 is 1.11 bits per heavy atom. The molecule has 3 rings (SSSR count). The number of halogens is 1. The molecule has 1 N–H and O–H groups in total. The molecule has 0 atom stereocenters. The molecule has 0 aliphatic carbocycles. The molecule has 0 unspecified atom stereocenters. The first-order chi connectivity index (χ1) is 13.0. The minimum absolute atomic E-state index is 0.177. The zero-order valence-electron chi connectivity index (χ0n) is 15.5. The number of hydrogen-bond acceptors (Lipinski definition) is 4. The highest BCUT2D eigenvalue weighted by Crippen LogP contribution is 2.22. The molecule has 5 nitrogen and oxygen atoms in total. The highest BCUT2D eigenvalue weighted by molar-refractivity contribution is 6.31. The molecule has 1 saturated heterocycles. The summed E-state index contributed by atoms with van der Waals surface area (Å²) in [5, 5.41) is 10.1. The van der Waals surface area contributed by atoms with Crippen LogP contribution in [0.2, 0.25) is 5.02 Å². The van der Waals surface area contributed by atoms with Crippen LogP contribution in [0.3, 0.4) is 0 Å². The van der Waals surface area contributed by atoms with Crippen molar-refractivity contribution in [1.29, 1.82) is 0 Å². The van der Waals surface area contributed by atoms with Crippen LogP contribution in [0, 0.1) is 6.92 Å². The van der Waals surface area contributed by atoms with E-state index in [0.717, 1.165) is 48.2 Å². The van der Waals surface area contributed by atoms with Crippen molar-refractivity contribution in [2.75, 3.05) is 37.7 Å². The summed E-state index contributed by atoms with van der Waals surface area (Å²) in [4.78, 5) is 16.5. The Bertz CT molecular complexity index is 771. The van der Waals surface area contributed by atoms with Crippen LogP contribution in [0.5, 0.6) is 11.5 Å². The fourth-order valence-corrected chi connectivity index (χ4v) is 3.27. The quantitative estimate of drug-likeness (QED) is 0.763. The third-order valence-electron chi connectivity index (χ3n) is 4.78. The normalized spacial score (nSPS) is 14.3. The van der Waals surface area contributed by atoms with Gasteiger partial charge in [0.15, 0.2) is 0 Å². The van der Waals surface area contributed by atoms with Gasteiger partial charge in [-0.1, -0.05) is 11.6 Å². The van der Waals surface area contributed by atoms with Crippen LogP contribution in [-0.4, -0.2) is 48.7 Å². The fourth-order valence-electron chi connectivity index (χ4n) is 3.16. The topological polar surface area (TPSA) is 53.0 Å². The summed E-state index contributed by atoms with van der Waals surface area (Å²) in [6, 6.07) is 12.8. The van der Waals surface area contributed by atoms with E-state index in [4.69, 9.17) is 16.3 Å². The largest absolute Gasteiger partial charge is 0.508 e. The number of anilines is 1. The summed E-state index contributed by atoms with van der Waals surface area (Å²) in [5.74, 6) is 1.23. The summed E-state index contributed by atoms with van der Waals surface area (Å²) in [5.41, 5.74) is 2.06. The maximum Gasteiger partial charge on any atom is 0.222 e. The van der Waals surface area contributed by atoms with E-state index >= 15 is 0 Å². The Balaban J connectivity index is 1.38. The number of piperazine rings is 1. The summed E-state index contributed by atoms with van der Waals surface area (Å²) >= 11 is 6.01. The standard InChI is InChI=1S/C21H25ClN2O3/c1-16-15-19(8-9-20(16)22)27-14-2-3-21(26)24-12-10-23(11-13-24)17-4-6-18(25)7-5-17/h4-9,15,25H,2-3,10-14H2,1H3. The van der Waals surface area contributed by atoms with Gasteiger partial charge < -0.3 is 19.6 Å². The van der Waals surface area contributed by atoms with Gasteiger partial charge in [0.25, 0.3) is 0 Å². The van der Waals surface area contributed by atoms with Gasteiger partial charge in [-0.3, -0.25) is 4.79 Å². The minimum atomic E-state index is 0.177. The zero-order chi connectivity index (χ0) is 19.2. The molecule has 2 aromatic carbocycles. The van der Waals surface area contributed by atoms with Crippen LogP contribution < -0.4 is 9.64 Å². The lowest BCUT2D eigenvalue weighted by Gasteiger charge is -2.36. The molecular formula is C21H25ClN2O3. The number of ether oxygens (including phenoxy) is 1.